The Kier molecular flexibility index (Phi) is 6.12. The lowest BCUT2D eigenvalue weighted by Crippen LogP contribution is -2.23. The van der Waals surface area contributed by atoms with Gasteiger partial charge in [-0.2, -0.15) is 0 Å². The van der Waals surface area contributed by atoms with Crippen LogP contribution in [-0.4, -0.2) is 31.5 Å². The van der Waals surface area contributed by atoms with Gasteiger partial charge in [-0.1, -0.05) is 29.8 Å². The SMILES string of the molecule is COc1ccc(S(=O)(=O)c2c(O)c3ccc(C(=O)NCc4ccc(C)cc4)cc3[nH]c2=O)cc1. The Morgan fingerprint density at radius 2 is 1.71 bits per heavy atom. The Labute approximate surface area is 195 Å². The number of carbonyl (C=O) groups is 1. The van der Waals surface area contributed by atoms with Crippen molar-refractivity contribution in [2.45, 2.75) is 23.3 Å². The number of hydrogen-bond donors (Lipinski definition) is 3. The van der Waals surface area contributed by atoms with E-state index in [0.717, 1.165) is 11.1 Å². The summed E-state index contributed by atoms with van der Waals surface area (Å²) in [6.45, 7) is 2.29. The van der Waals surface area contributed by atoms with Crippen LogP contribution in [0.5, 0.6) is 11.5 Å². The van der Waals surface area contributed by atoms with E-state index in [9.17, 15) is 23.1 Å². The number of methoxy groups -OCH3 is 1. The molecule has 1 aromatic heterocycles. The number of aromatic hydroxyl groups is 1. The third-order valence-corrected chi connectivity index (χ3v) is 7.23. The zero-order chi connectivity index (χ0) is 24.5. The minimum atomic E-state index is -4.31. The molecule has 0 atom stereocenters. The molecular weight excluding hydrogens is 456 g/mol. The van der Waals surface area contributed by atoms with Crippen LogP contribution >= 0.6 is 0 Å². The van der Waals surface area contributed by atoms with Gasteiger partial charge in [0.1, 0.15) is 11.5 Å². The average molecular weight is 479 g/mol. The Bertz CT molecular complexity index is 1540. The van der Waals surface area contributed by atoms with Gasteiger partial charge in [0.2, 0.25) is 9.84 Å². The zero-order valence-corrected chi connectivity index (χ0v) is 19.3. The molecule has 1 heterocycles. The summed E-state index contributed by atoms with van der Waals surface area (Å²) >= 11 is 0. The van der Waals surface area contributed by atoms with Crippen molar-refractivity contribution in [3.8, 4) is 11.5 Å². The molecule has 4 rings (SSSR count). The van der Waals surface area contributed by atoms with Gasteiger partial charge in [-0.15, -0.1) is 0 Å². The smallest absolute Gasteiger partial charge is 0.271 e. The molecule has 3 N–H and O–H groups in total. The topological polar surface area (TPSA) is 126 Å². The lowest BCUT2D eigenvalue weighted by molar-refractivity contribution is 0.0951. The molecule has 34 heavy (non-hydrogen) atoms. The van der Waals surface area contributed by atoms with Gasteiger partial charge in [0.15, 0.2) is 4.90 Å². The highest BCUT2D eigenvalue weighted by molar-refractivity contribution is 7.91. The number of sulfone groups is 1. The zero-order valence-electron chi connectivity index (χ0n) is 18.5. The Morgan fingerprint density at radius 3 is 2.35 bits per heavy atom. The molecule has 0 aliphatic carbocycles. The number of amides is 1. The average Bonchev–Trinajstić information content (AvgIpc) is 2.83. The second kappa shape index (κ2) is 9.03. The Balaban J connectivity index is 1.66. The first-order chi connectivity index (χ1) is 16.2. The predicted molar refractivity (Wildman–Crippen MR) is 127 cm³/mol. The molecular formula is C25H22N2O6S. The second-order valence-corrected chi connectivity index (χ2v) is 9.63. The van der Waals surface area contributed by atoms with Crippen molar-refractivity contribution in [3.05, 3.63) is 93.8 Å². The normalized spacial score (nSPS) is 11.4. The van der Waals surface area contributed by atoms with E-state index in [2.05, 4.69) is 10.3 Å². The minimum Gasteiger partial charge on any atom is -0.506 e. The summed E-state index contributed by atoms with van der Waals surface area (Å²) in [5.41, 5.74) is 1.44. The largest absolute Gasteiger partial charge is 0.506 e. The first-order valence-electron chi connectivity index (χ1n) is 10.3. The maximum Gasteiger partial charge on any atom is 0.271 e. The molecule has 174 valence electrons. The van der Waals surface area contributed by atoms with E-state index < -0.39 is 26.0 Å². The number of aryl methyl sites for hydroxylation is 1. The van der Waals surface area contributed by atoms with Crippen molar-refractivity contribution in [2.24, 2.45) is 0 Å². The van der Waals surface area contributed by atoms with Crippen molar-refractivity contribution in [1.29, 1.82) is 0 Å². The second-order valence-electron chi connectivity index (χ2n) is 7.74. The van der Waals surface area contributed by atoms with Crippen LogP contribution in [0, 0.1) is 6.92 Å². The first-order valence-corrected chi connectivity index (χ1v) is 11.8. The fourth-order valence-electron chi connectivity index (χ4n) is 3.52. The van der Waals surface area contributed by atoms with Crippen LogP contribution in [0.1, 0.15) is 21.5 Å². The number of ether oxygens (including phenoxy) is 1. The van der Waals surface area contributed by atoms with E-state index in [4.69, 9.17) is 4.74 Å². The molecule has 0 aliphatic rings. The summed E-state index contributed by atoms with van der Waals surface area (Å²) in [4.78, 5) is 26.8. The summed E-state index contributed by atoms with van der Waals surface area (Å²) < 4.78 is 31.1. The van der Waals surface area contributed by atoms with Gasteiger partial charge in [-0.3, -0.25) is 9.59 Å². The lowest BCUT2D eigenvalue weighted by atomic mass is 10.1. The van der Waals surface area contributed by atoms with Crippen LogP contribution < -0.4 is 15.6 Å². The fraction of sp³-hybridized carbons (Fsp3) is 0.120. The maximum atomic E-state index is 13.0. The number of aromatic amines is 1. The van der Waals surface area contributed by atoms with Gasteiger partial charge >= 0.3 is 0 Å². The van der Waals surface area contributed by atoms with Crippen LogP contribution in [0.25, 0.3) is 10.9 Å². The minimum absolute atomic E-state index is 0.0989. The van der Waals surface area contributed by atoms with E-state index in [-0.39, 0.29) is 27.3 Å². The monoisotopic (exact) mass is 478 g/mol. The number of hydrogen-bond acceptors (Lipinski definition) is 6. The summed E-state index contributed by atoms with van der Waals surface area (Å²) in [6.07, 6.45) is 0. The molecule has 0 fully saturated rings. The molecule has 0 aliphatic heterocycles. The van der Waals surface area contributed by atoms with Crippen LogP contribution in [0.3, 0.4) is 0 Å². The molecule has 9 heteroatoms. The summed E-state index contributed by atoms with van der Waals surface area (Å²) in [5.74, 6) is -0.609. The maximum absolute atomic E-state index is 13.0. The van der Waals surface area contributed by atoms with E-state index in [1.165, 1.54) is 49.6 Å². The molecule has 3 aromatic carbocycles. The molecule has 0 bridgehead atoms. The van der Waals surface area contributed by atoms with Gasteiger partial charge in [0.05, 0.1) is 17.5 Å². The van der Waals surface area contributed by atoms with E-state index in [1.54, 1.807) is 0 Å². The van der Waals surface area contributed by atoms with E-state index in [0.29, 0.717) is 12.3 Å². The van der Waals surface area contributed by atoms with Crippen molar-refractivity contribution in [1.82, 2.24) is 10.3 Å². The van der Waals surface area contributed by atoms with Crippen molar-refractivity contribution >= 4 is 26.6 Å². The van der Waals surface area contributed by atoms with Crippen molar-refractivity contribution in [3.63, 3.8) is 0 Å². The summed E-state index contributed by atoms with van der Waals surface area (Å²) in [5, 5.41) is 13.6. The highest BCUT2D eigenvalue weighted by Crippen LogP contribution is 2.32. The van der Waals surface area contributed by atoms with Gasteiger partial charge < -0.3 is 20.1 Å². The lowest BCUT2D eigenvalue weighted by Gasteiger charge is -2.11. The van der Waals surface area contributed by atoms with Crippen LogP contribution in [-0.2, 0) is 16.4 Å². The number of nitrogens with one attached hydrogen (secondary N) is 2. The molecule has 0 spiro atoms. The first kappa shape index (κ1) is 23.1. The van der Waals surface area contributed by atoms with E-state index in [1.807, 2.05) is 31.2 Å². The third-order valence-electron chi connectivity index (χ3n) is 5.42. The molecule has 4 aromatic rings. The van der Waals surface area contributed by atoms with Gasteiger partial charge in [0.25, 0.3) is 11.5 Å². The van der Waals surface area contributed by atoms with Crippen molar-refractivity contribution in [2.75, 3.05) is 7.11 Å². The van der Waals surface area contributed by atoms with E-state index >= 15 is 0 Å². The van der Waals surface area contributed by atoms with Gasteiger partial charge in [-0.05, 0) is 55.0 Å². The Morgan fingerprint density at radius 1 is 1.03 bits per heavy atom. The number of benzene rings is 3. The highest BCUT2D eigenvalue weighted by atomic mass is 32.2. The number of carbonyl (C=O) groups excluding carboxylic acids is 1. The van der Waals surface area contributed by atoms with Gasteiger partial charge in [0, 0.05) is 17.5 Å². The van der Waals surface area contributed by atoms with Crippen LogP contribution in [0.15, 0.2) is 81.3 Å². The number of rotatable bonds is 6. The molecule has 0 saturated heterocycles. The van der Waals surface area contributed by atoms with Crippen molar-refractivity contribution < 1.29 is 23.1 Å². The number of fused-ring (bicyclic) bond motifs is 1. The third kappa shape index (κ3) is 4.38. The van der Waals surface area contributed by atoms with Crippen LogP contribution in [0.2, 0.25) is 0 Å². The molecule has 1 amide bonds. The molecule has 0 radical (unpaired) electrons. The molecule has 0 unspecified atom stereocenters. The van der Waals surface area contributed by atoms with Gasteiger partial charge in [-0.25, -0.2) is 8.42 Å². The fourth-order valence-corrected chi connectivity index (χ4v) is 4.91. The number of aromatic nitrogens is 1. The number of H-pyrrole nitrogens is 1. The van der Waals surface area contributed by atoms with Crippen LogP contribution in [0.4, 0.5) is 0 Å². The highest BCUT2D eigenvalue weighted by Gasteiger charge is 2.27. The molecule has 8 nitrogen and oxygen atoms in total. The summed E-state index contributed by atoms with van der Waals surface area (Å²) in [7, 11) is -2.87. The molecule has 0 saturated carbocycles. The number of pyridine rings is 1. The Hall–Kier alpha value is -4.11. The quantitative estimate of drug-likeness (QED) is 0.390. The predicted octanol–water partition coefficient (Wildman–Crippen LogP) is 3.31. The summed E-state index contributed by atoms with van der Waals surface area (Å²) in [6, 6.07) is 17.4. The standard InChI is InChI=1S/C25H22N2O6S/c1-15-3-5-16(6-4-15)14-26-24(29)17-7-12-20-21(13-17)27-25(30)23(22(20)28)34(31,32)19-10-8-18(33-2)9-11-19/h3-13H,14H2,1-2H3,(H,26,29)(H2,27,28,30).